The molecule has 0 saturated heterocycles. The minimum absolute atomic E-state index is 0.170. The lowest BCUT2D eigenvalue weighted by atomic mass is 10.1. The van der Waals surface area contributed by atoms with Crippen molar-refractivity contribution in [1.82, 2.24) is 4.98 Å². The molecule has 4 nitrogen and oxygen atoms in total. The maximum absolute atomic E-state index is 13.4. The van der Waals surface area contributed by atoms with Gasteiger partial charge in [0.05, 0.1) is 10.0 Å². The first-order valence-corrected chi connectivity index (χ1v) is 7.17. The number of carboxylic acids is 1. The van der Waals surface area contributed by atoms with E-state index in [0.717, 1.165) is 0 Å². The molecular formula is C15H14BrFN2O2. The van der Waals surface area contributed by atoms with Crippen molar-refractivity contribution in [3.63, 3.8) is 0 Å². The number of aryl methyl sites for hydroxylation is 2. The third kappa shape index (κ3) is 3.58. The summed E-state index contributed by atoms with van der Waals surface area (Å²) in [6.07, 6.45) is 0.627. The lowest BCUT2D eigenvalue weighted by Gasteiger charge is -2.12. The van der Waals surface area contributed by atoms with Gasteiger partial charge in [0.15, 0.2) is 0 Å². The van der Waals surface area contributed by atoms with Gasteiger partial charge in [0, 0.05) is 11.4 Å². The second-order valence-corrected chi connectivity index (χ2v) is 5.45. The number of carboxylic acid groups (broad SMARTS) is 1. The van der Waals surface area contributed by atoms with E-state index >= 15 is 0 Å². The smallest absolute Gasteiger partial charge is 0.335 e. The number of aromatic nitrogens is 1. The van der Waals surface area contributed by atoms with Crippen LogP contribution in [0.2, 0.25) is 0 Å². The molecule has 2 aromatic rings. The summed E-state index contributed by atoms with van der Waals surface area (Å²) >= 11 is 3.13. The fraction of sp³-hybridized carbons (Fsp3) is 0.200. The van der Waals surface area contributed by atoms with Gasteiger partial charge >= 0.3 is 5.97 Å². The van der Waals surface area contributed by atoms with Crippen molar-refractivity contribution in [3.8, 4) is 0 Å². The second kappa shape index (κ2) is 6.22. The summed E-state index contributed by atoms with van der Waals surface area (Å²) in [6.45, 7) is 3.66. The number of nitrogens with one attached hydrogen (secondary N) is 1. The first-order chi connectivity index (χ1) is 9.90. The second-order valence-electron chi connectivity index (χ2n) is 4.60. The molecule has 1 heterocycles. The number of aromatic carboxylic acids is 1. The molecule has 21 heavy (non-hydrogen) atoms. The Morgan fingerprint density at radius 2 is 2.10 bits per heavy atom. The van der Waals surface area contributed by atoms with Gasteiger partial charge in [-0.2, -0.15) is 0 Å². The average Bonchev–Trinajstić information content (AvgIpc) is 2.44. The van der Waals surface area contributed by atoms with Crippen LogP contribution in [0.5, 0.6) is 0 Å². The molecule has 6 heteroatoms. The van der Waals surface area contributed by atoms with E-state index in [2.05, 4.69) is 26.2 Å². The number of hydrogen-bond acceptors (Lipinski definition) is 3. The van der Waals surface area contributed by atoms with Gasteiger partial charge in [-0.05, 0) is 59.1 Å². The van der Waals surface area contributed by atoms with Crippen LogP contribution in [0.1, 0.15) is 28.5 Å². The van der Waals surface area contributed by atoms with Crippen LogP contribution in [0, 0.1) is 12.7 Å². The van der Waals surface area contributed by atoms with E-state index < -0.39 is 5.97 Å². The van der Waals surface area contributed by atoms with Gasteiger partial charge in [-0.15, -0.1) is 0 Å². The molecule has 0 aliphatic carbocycles. The SMILES string of the molecule is CCc1cc(C(=O)O)cc(Nc2cc(Br)c(F)cc2C)n1. The maximum atomic E-state index is 13.4. The van der Waals surface area contributed by atoms with E-state index in [9.17, 15) is 9.18 Å². The average molecular weight is 353 g/mol. The number of pyridine rings is 1. The van der Waals surface area contributed by atoms with E-state index in [4.69, 9.17) is 5.11 Å². The third-order valence-corrected chi connectivity index (χ3v) is 3.63. The van der Waals surface area contributed by atoms with Gasteiger partial charge in [0.2, 0.25) is 0 Å². The van der Waals surface area contributed by atoms with E-state index in [1.165, 1.54) is 12.1 Å². The van der Waals surface area contributed by atoms with Crippen LogP contribution >= 0.6 is 15.9 Å². The summed E-state index contributed by atoms with van der Waals surface area (Å²) < 4.78 is 13.8. The molecule has 0 aliphatic rings. The standard InChI is InChI=1S/C15H14BrFN2O2/c1-3-10-5-9(15(20)21)6-14(18-10)19-13-7-11(16)12(17)4-8(13)2/h4-7H,3H2,1-2H3,(H,18,19)(H,20,21). The zero-order valence-electron chi connectivity index (χ0n) is 11.6. The summed E-state index contributed by atoms with van der Waals surface area (Å²) in [6, 6.07) is 6.00. The lowest BCUT2D eigenvalue weighted by Crippen LogP contribution is -2.04. The molecule has 1 aromatic heterocycles. The lowest BCUT2D eigenvalue weighted by molar-refractivity contribution is 0.0696. The van der Waals surface area contributed by atoms with Crippen molar-refractivity contribution in [1.29, 1.82) is 0 Å². The predicted molar refractivity (Wildman–Crippen MR) is 82.7 cm³/mol. The number of nitrogens with zero attached hydrogens (tertiary/aromatic N) is 1. The van der Waals surface area contributed by atoms with E-state index in [-0.39, 0.29) is 11.4 Å². The minimum Gasteiger partial charge on any atom is -0.478 e. The Hall–Kier alpha value is -1.95. The van der Waals surface area contributed by atoms with Gasteiger partial charge < -0.3 is 10.4 Å². The fourth-order valence-corrected chi connectivity index (χ4v) is 2.22. The van der Waals surface area contributed by atoms with E-state index in [1.807, 2.05) is 6.92 Å². The highest BCUT2D eigenvalue weighted by Gasteiger charge is 2.10. The van der Waals surface area contributed by atoms with E-state index in [0.29, 0.717) is 33.7 Å². The van der Waals surface area contributed by atoms with Crippen molar-refractivity contribution in [2.45, 2.75) is 20.3 Å². The number of halogens is 2. The highest BCUT2D eigenvalue weighted by Crippen LogP contribution is 2.27. The largest absolute Gasteiger partial charge is 0.478 e. The summed E-state index contributed by atoms with van der Waals surface area (Å²) in [5.41, 5.74) is 2.22. The number of rotatable bonds is 4. The van der Waals surface area contributed by atoms with Crippen molar-refractivity contribution >= 4 is 33.4 Å². The van der Waals surface area contributed by atoms with Gasteiger partial charge in [-0.3, -0.25) is 0 Å². The molecule has 0 fully saturated rings. The first kappa shape index (κ1) is 15.4. The molecule has 2 N–H and O–H groups in total. The molecule has 2 rings (SSSR count). The van der Waals surface area contributed by atoms with Gasteiger partial charge in [0.1, 0.15) is 11.6 Å². The van der Waals surface area contributed by atoms with Crippen LogP contribution in [0.25, 0.3) is 0 Å². The Morgan fingerprint density at radius 1 is 1.38 bits per heavy atom. The molecule has 1 aromatic carbocycles. The normalized spacial score (nSPS) is 10.5. The Balaban J connectivity index is 2.41. The molecule has 0 amide bonds. The molecule has 0 spiro atoms. The van der Waals surface area contributed by atoms with Crippen LogP contribution < -0.4 is 5.32 Å². The van der Waals surface area contributed by atoms with Gasteiger partial charge in [-0.1, -0.05) is 6.92 Å². The van der Waals surface area contributed by atoms with E-state index in [1.54, 1.807) is 19.1 Å². The molecule has 110 valence electrons. The fourth-order valence-electron chi connectivity index (χ4n) is 1.88. The molecule has 0 bridgehead atoms. The topological polar surface area (TPSA) is 62.2 Å². The predicted octanol–water partition coefficient (Wildman–Crippen LogP) is 4.30. The van der Waals surface area contributed by atoms with Crippen molar-refractivity contribution in [2.75, 3.05) is 5.32 Å². The van der Waals surface area contributed by atoms with Crippen molar-refractivity contribution in [3.05, 3.63) is 51.4 Å². The van der Waals surface area contributed by atoms with Crippen LogP contribution in [0.15, 0.2) is 28.7 Å². The summed E-state index contributed by atoms with van der Waals surface area (Å²) in [7, 11) is 0. The monoisotopic (exact) mass is 352 g/mol. The Bertz CT molecular complexity index is 704. The van der Waals surface area contributed by atoms with Crippen LogP contribution in [0.3, 0.4) is 0 Å². The molecule has 0 aliphatic heterocycles. The molecule has 0 saturated carbocycles. The zero-order chi connectivity index (χ0) is 15.6. The quantitative estimate of drug-likeness (QED) is 0.861. The van der Waals surface area contributed by atoms with Gasteiger partial charge in [-0.25, -0.2) is 14.2 Å². The highest BCUT2D eigenvalue weighted by molar-refractivity contribution is 9.10. The van der Waals surface area contributed by atoms with Crippen LogP contribution in [-0.2, 0) is 6.42 Å². The Morgan fingerprint density at radius 3 is 2.71 bits per heavy atom. The maximum Gasteiger partial charge on any atom is 0.335 e. The summed E-state index contributed by atoms with van der Waals surface area (Å²) in [4.78, 5) is 15.5. The number of benzene rings is 1. The molecule has 0 atom stereocenters. The third-order valence-electron chi connectivity index (χ3n) is 3.02. The number of carbonyl (C=O) groups is 1. The first-order valence-electron chi connectivity index (χ1n) is 6.37. The number of hydrogen-bond donors (Lipinski definition) is 2. The highest BCUT2D eigenvalue weighted by atomic mass is 79.9. The van der Waals surface area contributed by atoms with Gasteiger partial charge in [0.25, 0.3) is 0 Å². The summed E-state index contributed by atoms with van der Waals surface area (Å²) in [5, 5.41) is 12.2. The molecule has 0 radical (unpaired) electrons. The Labute approximate surface area is 130 Å². The van der Waals surface area contributed by atoms with Crippen molar-refractivity contribution < 1.29 is 14.3 Å². The number of anilines is 2. The minimum atomic E-state index is -1.01. The zero-order valence-corrected chi connectivity index (χ0v) is 13.2. The molecular weight excluding hydrogens is 339 g/mol. The van der Waals surface area contributed by atoms with Crippen LogP contribution in [-0.4, -0.2) is 16.1 Å². The Kier molecular flexibility index (Phi) is 4.57. The molecule has 0 unspecified atom stereocenters. The van der Waals surface area contributed by atoms with Crippen LogP contribution in [0.4, 0.5) is 15.9 Å². The summed E-state index contributed by atoms with van der Waals surface area (Å²) in [5.74, 6) is -0.931. The van der Waals surface area contributed by atoms with Crippen molar-refractivity contribution in [2.24, 2.45) is 0 Å².